The summed E-state index contributed by atoms with van der Waals surface area (Å²) >= 11 is 0. The fourth-order valence-electron chi connectivity index (χ4n) is 3.30. The number of primary amides is 1. The van der Waals surface area contributed by atoms with Crippen LogP contribution in [0.1, 0.15) is 52.9 Å². The molecule has 0 aromatic heterocycles. The van der Waals surface area contributed by atoms with Gasteiger partial charge in [-0.3, -0.25) is 9.59 Å². The van der Waals surface area contributed by atoms with Crippen molar-refractivity contribution >= 4 is 17.9 Å². The molecule has 3 N–H and O–H groups in total. The van der Waals surface area contributed by atoms with E-state index in [0.717, 1.165) is 12.8 Å². The van der Waals surface area contributed by atoms with E-state index in [0.29, 0.717) is 25.8 Å². The number of nitrogens with two attached hydrogens (primary N) is 1. The lowest BCUT2D eigenvalue weighted by Gasteiger charge is -2.36. The second-order valence-electron chi connectivity index (χ2n) is 7.08. The molecule has 1 aliphatic heterocycles. The first-order chi connectivity index (χ1) is 10.2. The van der Waals surface area contributed by atoms with Crippen LogP contribution in [0.15, 0.2) is 0 Å². The summed E-state index contributed by atoms with van der Waals surface area (Å²) < 4.78 is 5.17. The molecule has 2 rings (SSSR count). The summed E-state index contributed by atoms with van der Waals surface area (Å²) in [6, 6.07) is -0.647. The van der Waals surface area contributed by atoms with Crippen molar-refractivity contribution in [1.29, 1.82) is 0 Å². The Morgan fingerprint density at radius 1 is 1.32 bits per heavy atom. The fourth-order valence-corrected chi connectivity index (χ4v) is 3.30. The van der Waals surface area contributed by atoms with Crippen molar-refractivity contribution in [3.05, 3.63) is 0 Å². The van der Waals surface area contributed by atoms with Crippen LogP contribution in [0.2, 0.25) is 0 Å². The molecule has 1 heterocycles. The Morgan fingerprint density at radius 3 is 2.41 bits per heavy atom. The van der Waals surface area contributed by atoms with E-state index < -0.39 is 29.2 Å². The van der Waals surface area contributed by atoms with Crippen LogP contribution in [0, 0.1) is 0 Å². The maximum Gasteiger partial charge on any atom is 0.408 e. The van der Waals surface area contributed by atoms with E-state index in [4.69, 9.17) is 10.5 Å². The Kier molecular flexibility index (Phi) is 4.35. The average molecular weight is 311 g/mol. The van der Waals surface area contributed by atoms with Crippen LogP contribution >= 0.6 is 0 Å². The Balaban J connectivity index is 2.03. The van der Waals surface area contributed by atoms with Crippen LogP contribution < -0.4 is 11.1 Å². The fraction of sp³-hybridized carbons (Fsp3) is 0.800. The van der Waals surface area contributed by atoms with Gasteiger partial charge in [0.05, 0.1) is 0 Å². The molecule has 0 spiro atoms. The highest BCUT2D eigenvalue weighted by atomic mass is 16.6. The standard InChI is InChI=1S/C15H25N3O4/c1-14(2,3)22-13(21)17-10-6-9-18(11(10)19)15(12(16)20)7-4-5-8-15/h10H,4-9H2,1-3H3,(H2,16,20)(H,17,21)/t10-/m1/s1. The molecule has 22 heavy (non-hydrogen) atoms. The zero-order valence-corrected chi connectivity index (χ0v) is 13.5. The van der Waals surface area contributed by atoms with Gasteiger partial charge in [0.25, 0.3) is 0 Å². The van der Waals surface area contributed by atoms with Gasteiger partial charge in [0.15, 0.2) is 0 Å². The first kappa shape index (κ1) is 16.6. The molecule has 7 heteroatoms. The molecule has 1 saturated heterocycles. The molecule has 124 valence electrons. The number of rotatable bonds is 3. The summed E-state index contributed by atoms with van der Waals surface area (Å²) in [6.07, 6.45) is 2.83. The largest absolute Gasteiger partial charge is 0.444 e. The van der Waals surface area contributed by atoms with E-state index >= 15 is 0 Å². The van der Waals surface area contributed by atoms with Crippen LogP contribution in [0.5, 0.6) is 0 Å². The Hall–Kier alpha value is -1.79. The van der Waals surface area contributed by atoms with Gasteiger partial charge in [-0.05, 0) is 40.0 Å². The first-order valence-electron chi connectivity index (χ1n) is 7.77. The quantitative estimate of drug-likeness (QED) is 0.808. The van der Waals surface area contributed by atoms with Gasteiger partial charge in [-0.2, -0.15) is 0 Å². The molecule has 0 aromatic carbocycles. The highest BCUT2D eigenvalue weighted by Crippen LogP contribution is 2.37. The number of likely N-dealkylation sites (tertiary alicyclic amines) is 1. The molecule has 0 unspecified atom stereocenters. The van der Waals surface area contributed by atoms with E-state index in [1.807, 2.05) is 0 Å². The predicted molar refractivity (Wildman–Crippen MR) is 79.9 cm³/mol. The molecule has 0 radical (unpaired) electrons. The van der Waals surface area contributed by atoms with Crippen molar-refractivity contribution in [3.63, 3.8) is 0 Å². The molecule has 1 saturated carbocycles. The van der Waals surface area contributed by atoms with Crippen molar-refractivity contribution in [2.45, 2.75) is 70.1 Å². The minimum Gasteiger partial charge on any atom is -0.444 e. The average Bonchev–Trinajstić information content (AvgIpc) is 2.96. The lowest BCUT2D eigenvalue weighted by atomic mass is 9.94. The van der Waals surface area contributed by atoms with E-state index in [1.54, 1.807) is 25.7 Å². The molecule has 3 amide bonds. The molecule has 1 atom stereocenters. The summed E-state index contributed by atoms with van der Waals surface area (Å²) in [5.41, 5.74) is 4.07. The molecular formula is C15H25N3O4. The van der Waals surface area contributed by atoms with Crippen molar-refractivity contribution < 1.29 is 19.1 Å². The van der Waals surface area contributed by atoms with Crippen molar-refractivity contribution in [1.82, 2.24) is 10.2 Å². The zero-order chi connectivity index (χ0) is 16.5. The number of nitrogens with one attached hydrogen (secondary N) is 1. The predicted octanol–water partition coefficient (Wildman–Crippen LogP) is 0.910. The van der Waals surface area contributed by atoms with Gasteiger partial charge < -0.3 is 20.7 Å². The molecule has 0 bridgehead atoms. The van der Waals surface area contributed by atoms with Gasteiger partial charge in [0, 0.05) is 6.54 Å². The SMILES string of the molecule is CC(C)(C)OC(=O)N[C@@H]1CCN(C2(C(N)=O)CCCC2)C1=O. The van der Waals surface area contributed by atoms with Crippen molar-refractivity contribution in [3.8, 4) is 0 Å². The Labute approximate surface area is 130 Å². The van der Waals surface area contributed by atoms with Gasteiger partial charge in [-0.25, -0.2) is 4.79 Å². The number of hydrogen-bond donors (Lipinski definition) is 2. The third-order valence-corrected chi connectivity index (χ3v) is 4.30. The highest BCUT2D eigenvalue weighted by molar-refractivity contribution is 5.94. The van der Waals surface area contributed by atoms with Crippen LogP contribution in [0.25, 0.3) is 0 Å². The number of carbonyl (C=O) groups is 3. The monoisotopic (exact) mass is 311 g/mol. The van der Waals surface area contributed by atoms with Crippen molar-refractivity contribution in [2.24, 2.45) is 5.73 Å². The summed E-state index contributed by atoms with van der Waals surface area (Å²) in [5.74, 6) is -0.692. The lowest BCUT2D eigenvalue weighted by Crippen LogP contribution is -2.58. The summed E-state index contributed by atoms with van der Waals surface area (Å²) in [4.78, 5) is 37.8. The summed E-state index contributed by atoms with van der Waals surface area (Å²) in [6.45, 7) is 5.71. The molecule has 2 aliphatic rings. The second-order valence-corrected chi connectivity index (χ2v) is 7.08. The zero-order valence-electron chi connectivity index (χ0n) is 13.5. The maximum absolute atomic E-state index is 12.6. The number of ether oxygens (including phenoxy) is 1. The van der Waals surface area contributed by atoms with Gasteiger partial charge in [0.2, 0.25) is 11.8 Å². The second kappa shape index (κ2) is 5.78. The topological polar surface area (TPSA) is 102 Å². The number of amides is 3. The number of alkyl carbamates (subject to hydrolysis) is 1. The van der Waals surface area contributed by atoms with Crippen LogP contribution in [0.3, 0.4) is 0 Å². The summed E-state index contributed by atoms with van der Waals surface area (Å²) in [7, 11) is 0. The molecule has 1 aliphatic carbocycles. The number of carbonyl (C=O) groups excluding carboxylic acids is 3. The molecule has 0 aromatic rings. The van der Waals surface area contributed by atoms with Crippen LogP contribution in [-0.2, 0) is 14.3 Å². The smallest absolute Gasteiger partial charge is 0.408 e. The van der Waals surface area contributed by atoms with Gasteiger partial charge in [-0.15, -0.1) is 0 Å². The van der Waals surface area contributed by atoms with E-state index in [-0.39, 0.29) is 5.91 Å². The van der Waals surface area contributed by atoms with Crippen LogP contribution in [0.4, 0.5) is 4.79 Å². The van der Waals surface area contributed by atoms with E-state index in [9.17, 15) is 14.4 Å². The van der Waals surface area contributed by atoms with Crippen molar-refractivity contribution in [2.75, 3.05) is 6.54 Å². The van der Waals surface area contributed by atoms with Gasteiger partial charge in [-0.1, -0.05) is 12.8 Å². The van der Waals surface area contributed by atoms with Gasteiger partial charge in [0.1, 0.15) is 17.2 Å². The summed E-state index contributed by atoms with van der Waals surface area (Å²) in [5, 5.41) is 2.59. The minimum atomic E-state index is -0.874. The van der Waals surface area contributed by atoms with Gasteiger partial charge >= 0.3 is 6.09 Å². The van der Waals surface area contributed by atoms with E-state index in [2.05, 4.69) is 5.32 Å². The Bertz CT molecular complexity index is 478. The van der Waals surface area contributed by atoms with Crippen LogP contribution in [-0.4, -0.2) is 46.5 Å². The third kappa shape index (κ3) is 3.18. The molecular weight excluding hydrogens is 286 g/mol. The highest BCUT2D eigenvalue weighted by Gasteiger charge is 2.51. The lowest BCUT2D eigenvalue weighted by molar-refractivity contribution is -0.143. The molecule has 2 fully saturated rings. The number of hydrogen-bond acceptors (Lipinski definition) is 4. The Morgan fingerprint density at radius 2 is 1.91 bits per heavy atom. The van der Waals surface area contributed by atoms with E-state index in [1.165, 1.54) is 0 Å². The minimum absolute atomic E-state index is 0.244. The molecule has 7 nitrogen and oxygen atoms in total. The normalized spacial score (nSPS) is 24.4. The third-order valence-electron chi connectivity index (χ3n) is 4.30. The maximum atomic E-state index is 12.6. The number of nitrogens with zero attached hydrogens (tertiary/aromatic N) is 1. The first-order valence-corrected chi connectivity index (χ1v) is 7.77.